The summed E-state index contributed by atoms with van der Waals surface area (Å²) in [5.41, 5.74) is 1.27. The summed E-state index contributed by atoms with van der Waals surface area (Å²) < 4.78 is 0.832. The third kappa shape index (κ3) is 2.66. The van der Waals surface area contributed by atoms with Gasteiger partial charge in [0.25, 0.3) is 0 Å². The molecule has 0 saturated carbocycles. The van der Waals surface area contributed by atoms with Gasteiger partial charge in [0.1, 0.15) is 5.92 Å². The van der Waals surface area contributed by atoms with Crippen LogP contribution in [0.3, 0.4) is 0 Å². The lowest BCUT2D eigenvalue weighted by atomic mass is 9.92. The summed E-state index contributed by atoms with van der Waals surface area (Å²) in [6.45, 7) is 0. The van der Waals surface area contributed by atoms with E-state index in [0.717, 1.165) is 10.0 Å². The van der Waals surface area contributed by atoms with Crippen LogP contribution in [-0.4, -0.2) is 5.78 Å². The van der Waals surface area contributed by atoms with Crippen LogP contribution in [0.2, 0.25) is 0 Å². The Hall–Kier alpha value is -1.92. The van der Waals surface area contributed by atoms with Gasteiger partial charge in [-0.25, -0.2) is 0 Å². The number of halogens is 1. The summed E-state index contributed by atoms with van der Waals surface area (Å²) in [6.07, 6.45) is 0. The van der Waals surface area contributed by atoms with E-state index < -0.39 is 5.92 Å². The van der Waals surface area contributed by atoms with E-state index in [1.165, 1.54) is 0 Å². The number of nitriles is 1. The Morgan fingerprint density at radius 3 is 2.44 bits per heavy atom. The van der Waals surface area contributed by atoms with Crippen LogP contribution in [0.1, 0.15) is 21.8 Å². The van der Waals surface area contributed by atoms with Crippen molar-refractivity contribution in [1.29, 1.82) is 5.26 Å². The molecule has 0 spiro atoms. The van der Waals surface area contributed by atoms with E-state index in [0.29, 0.717) is 5.56 Å². The summed E-state index contributed by atoms with van der Waals surface area (Å²) in [4.78, 5) is 12.3. The van der Waals surface area contributed by atoms with Gasteiger partial charge in [0, 0.05) is 10.0 Å². The normalized spacial score (nSPS) is 11.6. The molecule has 0 aliphatic rings. The van der Waals surface area contributed by atoms with Crippen molar-refractivity contribution in [2.75, 3.05) is 0 Å². The van der Waals surface area contributed by atoms with Gasteiger partial charge < -0.3 is 0 Å². The Kier molecular flexibility index (Phi) is 3.91. The number of hydrogen-bond acceptors (Lipinski definition) is 2. The van der Waals surface area contributed by atoms with Crippen molar-refractivity contribution in [3.63, 3.8) is 0 Å². The molecule has 0 N–H and O–H groups in total. The molecule has 2 rings (SSSR count). The average Bonchev–Trinajstić information content (AvgIpc) is 2.41. The zero-order chi connectivity index (χ0) is 13.0. The van der Waals surface area contributed by atoms with Gasteiger partial charge in [-0.2, -0.15) is 5.26 Å². The highest BCUT2D eigenvalue weighted by atomic mass is 79.9. The molecule has 0 saturated heterocycles. The summed E-state index contributed by atoms with van der Waals surface area (Å²) in [5, 5.41) is 9.20. The van der Waals surface area contributed by atoms with E-state index in [2.05, 4.69) is 22.0 Å². The van der Waals surface area contributed by atoms with Gasteiger partial charge in [0.05, 0.1) is 6.07 Å². The van der Waals surface area contributed by atoms with Gasteiger partial charge in [0.2, 0.25) is 0 Å². The molecule has 0 aliphatic carbocycles. The van der Waals surface area contributed by atoms with Crippen molar-refractivity contribution in [2.45, 2.75) is 5.92 Å². The minimum absolute atomic E-state index is 0.176. The lowest BCUT2D eigenvalue weighted by Gasteiger charge is -2.08. The van der Waals surface area contributed by atoms with Gasteiger partial charge >= 0.3 is 0 Å². The largest absolute Gasteiger partial charge is 0.292 e. The molecule has 0 bridgehead atoms. The summed E-state index contributed by atoms with van der Waals surface area (Å²) in [7, 11) is 0. The van der Waals surface area contributed by atoms with Crippen molar-refractivity contribution >= 4 is 21.7 Å². The molecular formula is C15H10BrNO. The fraction of sp³-hybridized carbons (Fsp3) is 0.0667. The molecule has 0 heterocycles. The average molecular weight is 300 g/mol. The summed E-state index contributed by atoms with van der Waals surface area (Å²) in [6, 6.07) is 18.3. The molecule has 2 aromatic carbocycles. The number of carbonyl (C=O) groups excluding carboxylic acids is 1. The molecule has 1 unspecified atom stereocenters. The molecule has 3 heteroatoms. The Balaban J connectivity index is 2.36. The predicted octanol–water partition coefficient (Wildman–Crippen LogP) is 3.94. The number of nitrogens with zero attached hydrogens (tertiary/aromatic N) is 1. The Bertz CT molecular complexity index is 601. The highest BCUT2D eigenvalue weighted by Gasteiger charge is 2.21. The topological polar surface area (TPSA) is 40.9 Å². The van der Waals surface area contributed by atoms with Crippen LogP contribution in [0, 0.1) is 11.3 Å². The van der Waals surface area contributed by atoms with Gasteiger partial charge in [-0.15, -0.1) is 0 Å². The lowest BCUT2D eigenvalue weighted by molar-refractivity contribution is 0.0979. The lowest BCUT2D eigenvalue weighted by Crippen LogP contribution is -2.11. The number of benzene rings is 2. The van der Waals surface area contributed by atoms with Crippen LogP contribution < -0.4 is 0 Å². The van der Waals surface area contributed by atoms with E-state index in [1.54, 1.807) is 30.3 Å². The second kappa shape index (κ2) is 5.61. The van der Waals surface area contributed by atoms with Gasteiger partial charge in [0.15, 0.2) is 5.78 Å². The van der Waals surface area contributed by atoms with Crippen molar-refractivity contribution in [2.24, 2.45) is 0 Å². The molecule has 88 valence electrons. The molecule has 18 heavy (non-hydrogen) atoms. The molecule has 0 amide bonds. The first kappa shape index (κ1) is 12.5. The third-order valence-corrected chi connectivity index (χ3v) is 3.13. The van der Waals surface area contributed by atoms with Crippen LogP contribution in [0.4, 0.5) is 0 Å². The van der Waals surface area contributed by atoms with Crippen LogP contribution in [0.15, 0.2) is 59.1 Å². The number of hydrogen-bond donors (Lipinski definition) is 0. The second-order valence-electron chi connectivity index (χ2n) is 3.85. The number of ketones is 1. The van der Waals surface area contributed by atoms with E-state index >= 15 is 0 Å². The Labute approximate surface area is 114 Å². The monoisotopic (exact) mass is 299 g/mol. The summed E-state index contributed by atoms with van der Waals surface area (Å²) >= 11 is 3.32. The molecule has 0 radical (unpaired) electrons. The number of carbonyl (C=O) groups is 1. The van der Waals surface area contributed by atoms with Crippen molar-refractivity contribution < 1.29 is 4.79 Å². The van der Waals surface area contributed by atoms with Crippen molar-refractivity contribution in [3.05, 3.63) is 70.2 Å². The van der Waals surface area contributed by atoms with E-state index in [9.17, 15) is 10.1 Å². The molecule has 0 aromatic heterocycles. The van der Waals surface area contributed by atoms with E-state index in [-0.39, 0.29) is 5.78 Å². The maximum atomic E-state index is 12.3. The minimum Gasteiger partial charge on any atom is -0.292 e. The highest BCUT2D eigenvalue weighted by Crippen LogP contribution is 2.22. The Morgan fingerprint density at radius 2 is 1.83 bits per heavy atom. The van der Waals surface area contributed by atoms with Gasteiger partial charge in [-0.3, -0.25) is 4.79 Å². The third-order valence-electron chi connectivity index (χ3n) is 2.63. The van der Waals surface area contributed by atoms with Gasteiger partial charge in [-0.05, 0) is 17.7 Å². The standard InChI is InChI=1S/C15H10BrNO/c16-13-8-4-7-12(9-13)15(18)14(10-17)11-5-2-1-3-6-11/h1-9,14H. The predicted molar refractivity (Wildman–Crippen MR) is 73.3 cm³/mol. The van der Waals surface area contributed by atoms with Crippen LogP contribution >= 0.6 is 15.9 Å². The molecular weight excluding hydrogens is 290 g/mol. The van der Waals surface area contributed by atoms with E-state index in [1.807, 2.05) is 24.3 Å². The zero-order valence-electron chi connectivity index (χ0n) is 9.51. The molecule has 1 atom stereocenters. The first-order chi connectivity index (χ1) is 8.72. The Morgan fingerprint density at radius 1 is 1.11 bits per heavy atom. The molecule has 0 aliphatic heterocycles. The van der Waals surface area contributed by atoms with Crippen molar-refractivity contribution in [3.8, 4) is 6.07 Å². The first-order valence-corrected chi connectivity index (χ1v) is 6.26. The van der Waals surface area contributed by atoms with Crippen molar-refractivity contribution in [1.82, 2.24) is 0 Å². The van der Waals surface area contributed by atoms with Crippen LogP contribution in [-0.2, 0) is 0 Å². The van der Waals surface area contributed by atoms with E-state index in [4.69, 9.17) is 0 Å². The van der Waals surface area contributed by atoms with Crippen LogP contribution in [0.25, 0.3) is 0 Å². The minimum atomic E-state index is -0.750. The number of rotatable bonds is 3. The highest BCUT2D eigenvalue weighted by molar-refractivity contribution is 9.10. The van der Waals surface area contributed by atoms with Crippen LogP contribution in [0.5, 0.6) is 0 Å². The number of Topliss-reactive ketones (excluding diaryl/α,β-unsaturated/α-hetero) is 1. The molecule has 2 nitrogen and oxygen atoms in total. The fourth-order valence-corrected chi connectivity index (χ4v) is 2.14. The molecule has 0 fully saturated rings. The maximum Gasteiger partial charge on any atom is 0.184 e. The first-order valence-electron chi connectivity index (χ1n) is 5.46. The molecule has 2 aromatic rings. The summed E-state index contributed by atoms with van der Waals surface area (Å²) in [5.74, 6) is -0.925. The second-order valence-corrected chi connectivity index (χ2v) is 4.76. The zero-order valence-corrected chi connectivity index (χ0v) is 11.1. The SMILES string of the molecule is N#CC(C(=O)c1cccc(Br)c1)c1ccccc1. The smallest absolute Gasteiger partial charge is 0.184 e. The maximum absolute atomic E-state index is 12.3. The quantitative estimate of drug-likeness (QED) is 0.806. The van der Waals surface area contributed by atoms with Gasteiger partial charge in [-0.1, -0.05) is 58.4 Å². The fourth-order valence-electron chi connectivity index (χ4n) is 1.74.